The fourth-order valence-corrected chi connectivity index (χ4v) is 5.01. The second-order valence-electron chi connectivity index (χ2n) is 9.64. The van der Waals surface area contributed by atoms with E-state index >= 15 is 0 Å². The maximum absolute atomic E-state index is 11.6. The second-order valence-corrected chi connectivity index (χ2v) is 9.64. The number of carboxylic acid groups (broad SMARTS) is 1. The topological polar surface area (TPSA) is 72.6 Å². The molecule has 1 unspecified atom stereocenters. The van der Waals surface area contributed by atoms with E-state index in [1.807, 2.05) is 49.4 Å². The van der Waals surface area contributed by atoms with Gasteiger partial charge < -0.3 is 14.4 Å². The first-order valence-corrected chi connectivity index (χ1v) is 12.5. The summed E-state index contributed by atoms with van der Waals surface area (Å²) in [6.45, 7) is 1.99. The fourth-order valence-electron chi connectivity index (χ4n) is 5.01. The molecule has 0 saturated heterocycles. The molecular formula is C31H31NO4. The van der Waals surface area contributed by atoms with Crippen LogP contribution in [-0.2, 0) is 21.4 Å². The zero-order valence-electron chi connectivity index (χ0n) is 20.7. The minimum absolute atomic E-state index is 0.0748. The lowest BCUT2D eigenvalue weighted by Crippen LogP contribution is -2.19. The van der Waals surface area contributed by atoms with Crippen molar-refractivity contribution in [2.75, 3.05) is 7.11 Å². The van der Waals surface area contributed by atoms with Crippen molar-refractivity contribution in [3.05, 3.63) is 101 Å². The molecule has 3 aromatic carbocycles. The van der Waals surface area contributed by atoms with Gasteiger partial charge in [0.2, 0.25) is 0 Å². The van der Waals surface area contributed by atoms with Crippen molar-refractivity contribution in [1.82, 2.24) is 5.16 Å². The molecule has 4 aromatic rings. The molecule has 5 rings (SSSR count). The van der Waals surface area contributed by atoms with Crippen LogP contribution >= 0.6 is 0 Å². The van der Waals surface area contributed by atoms with Gasteiger partial charge in [-0.3, -0.25) is 4.79 Å². The largest absolute Gasteiger partial charge is 0.481 e. The molecule has 0 radical (unpaired) electrons. The molecule has 0 aliphatic heterocycles. The molecule has 5 heteroatoms. The molecule has 184 valence electrons. The van der Waals surface area contributed by atoms with Crippen LogP contribution < -0.4 is 0 Å². The second kappa shape index (κ2) is 10.1. The summed E-state index contributed by atoms with van der Waals surface area (Å²) < 4.78 is 11.5. The maximum atomic E-state index is 11.6. The average molecular weight is 482 g/mol. The molecule has 1 saturated carbocycles. The molecule has 36 heavy (non-hydrogen) atoms. The number of aryl methyl sites for hydroxylation is 1. The van der Waals surface area contributed by atoms with E-state index in [1.165, 1.54) is 5.56 Å². The van der Waals surface area contributed by atoms with Crippen molar-refractivity contribution in [3.63, 3.8) is 0 Å². The highest BCUT2D eigenvalue weighted by Crippen LogP contribution is 2.48. The molecule has 1 aromatic heterocycles. The van der Waals surface area contributed by atoms with Crippen LogP contribution in [0.25, 0.3) is 22.5 Å². The van der Waals surface area contributed by atoms with Crippen LogP contribution in [0.15, 0.2) is 83.4 Å². The molecule has 0 amide bonds. The molecule has 5 nitrogen and oxygen atoms in total. The lowest BCUT2D eigenvalue weighted by Gasteiger charge is -2.15. The molecule has 1 atom stereocenters. The van der Waals surface area contributed by atoms with E-state index < -0.39 is 11.4 Å². The van der Waals surface area contributed by atoms with Gasteiger partial charge in [-0.15, -0.1) is 0 Å². The number of methoxy groups -OCH3 is 1. The highest BCUT2D eigenvalue weighted by atomic mass is 16.5. The quantitative estimate of drug-likeness (QED) is 0.260. The average Bonchev–Trinajstić information content (AvgIpc) is 3.66. The van der Waals surface area contributed by atoms with Gasteiger partial charge in [0.1, 0.15) is 0 Å². The van der Waals surface area contributed by atoms with Gasteiger partial charge in [-0.1, -0.05) is 84.0 Å². The number of rotatable bonds is 10. The Balaban J connectivity index is 1.27. The van der Waals surface area contributed by atoms with Gasteiger partial charge in [-0.25, -0.2) is 0 Å². The smallest absolute Gasteiger partial charge is 0.314 e. The summed E-state index contributed by atoms with van der Waals surface area (Å²) >= 11 is 0. The molecule has 1 heterocycles. The zero-order valence-corrected chi connectivity index (χ0v) is 20.7. The fraction of sp³-hybridized carbons (Fsp3) is 0.290. The minimum atomic E-state index is -0.726. The van der Waals surface area contributed by atoms with Crippen molar-refractivity contribution in [2.24, 2.45) is 0 Å². The third-order valence-electron chi connectivity index (χ3n) is 7.41. The van der Waals surface area contributed by atoms with Crippen molar-refractivity contribution < 1.29 is 19.2 Å². The lowest BCUT2D eigenvalue weighted by atomic mass is 9.93. The molecule has 1 fully saturated rings. The number of aliphatic carboxylic acids is 1. The number of ether oxygens (including phenoxy) is 1. The molecule has 1 aliphatic carbocycles. The van der Waals surface area contributed by atoms with Crippen LogP contribution in [0.1, 0.15) is 54.2 Å². The zero-order chi connectivity index (χ0) is 25.1. The Kier molecular flexibility index (Phi) is 6.75. The van der Waals surface area contributed by atoms with Gasteiger partial charge in [-0.05, 0) is 61.3 Å². The number of hydrogen-bond acceptors (Lipinski definition) is 4. The summed E-state index contributed by atoms with van der Waals surface area (Å²) in [5, 5.41) is 13.8. The van der Waals surface area contributed by atoms with Crippen molar-refractivity contribution in [2.45, 2.75) is 50.5 Å². The monoisotopic (exact) mass is 481 g/mol. The van der Waals surface area contributed by atoms with E-state index in [0.717, 1.165) is 58.5 Å². The van der Waals surface area contributed by atoms with Crippen molar-refractivity contribution >= 4 is 5.97 Å². The third-order valence-corrected chi connectivity index (χ3v) is 7.41. The van der Waals surface area contributed by atoms with E-state index in [0.29, 0.717) is 12.8 Å². The van der Waals surface area contributed by atoms with E-state index in [2.05, 4.69) is 41.6 Å². The first-order valence-electron chi connectivity index (χ1n) is 12.5. The van der Waals surface area contributed by atoms with Gasteiger partial charge in [-0.2, -0.15) is 0 Å². The first kappa shape index (κ1) is 24.0. The Morgan fingerprint density at radius 2 is 1.58 bits per heavy atom. The van der Waals surface area contributed by atoms with Crippen LogP contribution in [0, 0.1) is 6.92 Å². The van der Waals surface area contributed by atoms with E-state index in [9.17, 15) is 9.90 Å². The molecule has 1 aliphatic rings. The summed E-state index contributed by atoms with van der Waals surface area (Å²) in [6, 6.07) is 26.5. The Morgan fingerprint density at radius 1 is 0.972 bits per heavy atom. The summed E-state index contributed by atoms with van der Waals surface area (Å²) in [7, 11) is 1.76. The van der Waals surface area contributed by atoms with Crippen molar-refractivity contribution in [1.29, 1.82) is 0 Å². The van der Waals surface area contributed by atoms with Crippen LogP contribution in [0.5, 0.6) is 0 Å². The van der Waals surface area contributed by atoms with Gasteiger partial charge in [0.05, 0.1) is 17.2 Å². The van der Waals surface area contributed by atoms with Gasteiger partial charge in [0.15, 0.2) is 5.76 Å². The number of carboxylic acids is 1. The highest BCUT2D eigenvalue weighted by molar-refractivity contribution is 5.85. The highest BCUT2D eigenvalue weighted by Gasteiger charge is 2.51. The predicted molar refractivity (Wildman–Crippen MR) is 140 cm³/mol. The van der Waals surface area contributed by atoms with E-state index in [-0.39, 0.29) is 6.10 Å². The molecule has 1 N–H and O–H groups in total. The summed E-state index contributed by atoms with van der Waals surface area (Å²) in [6.07, 6.45) is 4.26. The Labute approximate surface area is 211 Å². The Morgan fingerprint density at radius 3 is 2.17 bits per heavy atom. The number of hydrogen-bond donors (Lipinski definition) is 1. The SMILES string of the molecule is COC(CCCc1c(C)noc1-c1ccc(-c2ccc(C3(C(=O)O)CC3)cc2)cc1)c1ccccc1. The van der Waals surface area contributed by atoms with Crippen LogP contribution in [0.3, 0.4) is 0 Å². The Bertz CT molecular complexity index is 1320. The van der Waals surface area contributed by atoms with Gasteiger partial charge >= 0.3 is 5.97 Å². The van der Waals surface area contributed by atoms with E-state index in [4.69, 9.17) is 9.26 Å². The summed E-state index contributed by atoms with van der Waals surface area (Å²) in [5.41, 5.74) is 6.61. The third kappa shape index (κ3) is 4.71. The number of carbonyl (C=O) groups is 1. The van der Waals surface area contributed by atoms with Gasteiger partial charge in [0.25, 0.3) is 0 Å². The summed E-state index contributed by atoms with van der Waals surface area (Å²) in [5.74, 6) is 0.0933. The number of benzene rings is 3. The maximum Gasteiger partial charge on any atom is 0.314 e. The molecular weight excluding hydrogens is 450 g/mol. The number of aromatic nitrogens is 1. The first-order chi connectivity index (χ1) is 17.5. The standard InChI is InChI=1S/C31H31NO4/c1-21-27(9-6-10-28(35-2)24-7-4-3-5-8-24)29(36-32-21)25-13-11-22(12-14-25)23-15-17-26(18-16-23)31(19-20-31)30(33)34/h3-5,7-8,11-18,28H,6,9-10,19-20H2,1-2H3,(H,33,34). The molecule has 0 bridgehead atoms. The Hall–Kier alpha value is -3.70. The van der Waals surface area contributed by atoms with Crippen molar-refractivity contribution in [3.8, 4) is 22.5 Å². The van der Waals surface area contributed by atoms with Crippen LogP contribution in [0.2, 0.25) is 0 Å². The van der Waals surface area contributed by atoms with Crippen LogP contribution in [0.4, 0.5) is 0 Å². The lowest BCUT2D eigenvalue weighted by molar-refractivity contribution is -0.140. The van der Waals surface area contributed by atoms with E-state index in [1.54, 1.807) is 7.11 Å². The predicted octanol–water partition coefficient (Wildman–Crippen LogP) is 7.14. The normalized spacial score (nSPS) is 14.9. The van der Waals surface area contributed by atoms with Gasteiger partial charge in [0, 0.05) is 18.2 Å². The number of nitrogens with zero attached hydrogens (tertiary/aromatic N) is 1. The minimum Gasteiger partial charge on any atom is -0.481 e. The summed E-state index contributed by atoms with van der Waals surface area (Å²) in [4.78, 5) is 11.6. The van der Waals surface area contributed by atoms with Crippen LogP contribution in [-0.4, -0.2) is 23.3 Å². The molecule has 0 spiro atoms.